The Morgan fingerprint density at radius 2 is 2.43 bits per heavy atom. The maximum absolute atomic E-state index is 11.5. The van der Waals surface area contributed by atoms with Gasteiger partial charge in [0, 0.05) is 0 Å². The van der Waals surface area contributed by atoms with E-state index in [9.17, 15) is 4.79 Å². The summed E-state index contributed by atoms with van der Waals surface area (Å²) in [6.45, 7) is 1.99. The Morgan fingerprint density at radius 1 is 1.64 bits per heavy atom. The third-order valence-corrected chi connectivity index (χ3v) is 3.68. The number of hydrogen-bond donors (Lipinski definition) is 1. The molecule has 2 unspecified atom stereocenters. The van der Waals surface area contributed by atoms with E-state index in [1.54, 1.807) is 0 Å². The van der Waals surface area contributed by atoms with Crippen molar-refractivity contribution < 1.29 is 4.79 Å². The van der Waals surface area contributed by atoms with Crippen molar-refractivity contribution in [2.24, 2.45) is 17.1 Å². The van der Waals surface area contributed by atoms with E-state index in [2.05, 4.69) is 18.2 Å². The van der Waals surface area contributed by atoms with Crippen molar-refractivity contribution in [3.63, 3.8) is 0 Å². The minimum atomic E-state index is -0.381. The molecule has 2 aliphatic carbocycles. The normalized spacial score (nSPS) is 36.1. The lowest BCUT2D eigenvalue weighted by molar-refractivity contribution is -0.126. The van der Waals surface area contributed by atoms with Crippen LogP contribution in [0.15, 0.2) is 23.8 Å². The zero-order valence-corrected chi connectivity index (χ0v) is 8.62. The molecule has 0 aromatic carbocycles. The maximum Gasteiger partial charge on any atom is 0.227 e. The van der Waals surface area contributed by atoms with Gasteiger partial charge in [-0.2, -0.15) is 0 Å². The van der Waals surface area contributed by atoms with Crippen molar-refractivity contribution in [1.29, 1.82) is 0 Å². The molecule has 2 aliphatic rings. The standard InChI is InChI=1S/C12H17NO/c1-12(11(13)14)8-4-6-9-5-2-3-7-10(9)12/h2-3,7,9H,4-6,8H2,1H3,(H2,13,14). The number of carbonyl (C=O) groups excluding carboxylic acids is 1. The summed E-state index contributed by atoms with van der Waals surface area (Å²) in [7, 11) is 0. The molecule has 0 aromatic heterocycles. The highest BCUT2D eigenvalue weighted by Gasteiger charge is 2.41. The Labute approximate surface area is 84.9 Å². The van der Waals surface area contributed by atoms with Crippen molar-refractivity contribution in [3.8, 4) is 0 Å². The molecule has 1 saturated carbocycles. The minimum absolute atomic E-state index is 0.163. The van der Waals surface area contributed by atoms with Crippen LogP contribution < -0.4 is 5.73 Å². The number of fused-ring (bicyclic) bond motifs is 1. The maximum atomic E-state index is 11.5. The van der Waals surface area contributed by atoms with Crippen LogP contribution in [0.3, 0.4) is 0 Å². The largest absolute Gasteiger partial charge is 0.369 e. The number of hydrogen-bond acceptors (Lipinski definition) is 1. The van der Waals surface area contributed by atoms with Crippen molar-refractivity contribution in [2.75, 3.05) is 0 Å². The Kier molecular flexibility index (Phi) is 2.22. The van der Waals surface area contributed by atoms with Crippen LogP contribution >= 0.6 is 0 Å². The van der Waals surface area contributed by atoms with E-state index in [1.807, 2.05) is 6.92 Å². The number of allylic oxidation sites excluding steroid dienone is 3. The average molecular weight is 191 g/mol. The molecule has 0 aliphatic heterocycles. The van der Waals surface area contributed by atoms with Gasteiger partial charge in [0.15, 0.2) is 0 Å². The summed E-state index contributed by atoms with van der Waals surface area (Å²) in [5.74, 6) is 0.398. The smallest absolute Gasteiger partial charge is 0.227 e. The summed E-state index contributed by atoms with van der Waals surface area (Å²) in [4.78, 5) is 11.5. The number of carbonyl (C=O) groups is 1. The highest BCUT2D eigenvalue weighted by atomic mass is 16.1. The van der Waals surface area contributed by atoms with Gasteiger partial charge in [0.2, 0.25) is 5.91 Å². The lowest BCUT2D eigenvalue weighted by atomic mass is 9.64. The molecule has 2 rings (SSSR count). The topological polar surface area (TPSA) is 43.1 Å². The average Bonchev–Trinajstić information content (AvgIpc) is 2.18. The van der Waals surface area contributed by atoms with Crippen LogP contribution in [-0.2, 0) is 4.79 Å². The van der Waals surface area contributed by atoms with Gasteiger partial charge in [0.25, 0.3) is 0 Å². The van der Waals surface area contributed by atoms with Crippen molar-refractivity contribution in [2.45, 2.75) is 32.6 Å². The van der Waals surface area contributed by atoms with Gasteiger partial charge >= 0.3 is 0 Å². The second-order valence-corrected chi connectivity index (χ2v) is 4.57. The fourth-order valence-electron chi connectivity index (χ4n) is 2.70. The third kappa shape index (κ3) is 1.29. The SMILES string of the molecule is CC1(C(N)=O)CCCC2CC=CC=C21. The van der Waals surface area contributed by atoms with Crippen molar-refractivity contribution in [1.82, 2.24) is 0 Å². The van der Waals surface area contributed by atoms with E-state index in [-0.39, 0.29) is 11.3 Å². The summed E-state index contributed by atoms with van der Waals surface area (Å²) in [5.41, 5.74) is 6.39. The van der Waals surface area contributed by atoms with Crippen LogP contribution in [0.25, 0.3) is 0 Å². The number of rotatable bonds is 1. The van der Waals surface area contributed by atoms with E-state index < -0.39 is 0 Å². The lowest BCUT2D eigenvalue weighted by Gasteiger charge is -2.39. The number of amides is 1. The van der Waals surface area contributed by atoms with E-state index in [4.69, 9.17) is 5.73 Å². The zero-order chi connectivity index (χ0) is 10.2. The van der Waals surface area contributed by atoms with E-state index >= 15 is 0 Å². The molecule has 2 N–H and O–H groups in total. The summed E-state index contributed by atoms with van der Waals surface area (Å²) < 4.78 is 0. The van der Waals surface area contributed by atoms with Gasteiger partial charge in [-0.3, -0.25) is 4.79 Å². The van der Waals surface area contributed by atoms with Gasteiger partial charge < -0.3 is 5.73 Å². The molecule has 2 heteroatoms. The highest BCUT2D eigenvalue weighted by Crippen LogP contribution is 2.46. The van der Waals surface area contributed by atoms with Gasteiger partial charge in [0.05, 0.1) is 5.41 Å². The molecular formula is C12H17NO. The Balaban J connectivity index is 2.37. The monoisotopic (exact) mass is 191 g/mol. The van der Waals surface area contributed by atoms with Gasteiger partial charge in [-0.1, -0.05) is 30.2 Å². The lowest BCUT2D eigenvalue weighted by Crippen LogP contribution is -2.41. The Hall–Kier alpha value is -1.05. The molecule has 1 fully saturated rings. The summed E-state index contributed by atoms with van der Waals surface area (Å²) in [5, 5.41) is 0. The summed E-state index contributed by atoms with van der Waals surface area (Å²) in [6, 6.07) is 0. The molecule has 1 amide bonds. The van der Waals surface area contributed by atoms with Crippen molar-refractivity contribution >= 4 is 5.91 Å². The fraction of sp³-hybridized carbons (Fsp3) is 0.583. The van der Waals surface area contributed by atoms with E-state index in [1.165, 1.54) is 12.0 Å². The zero-order valence-electron chi connectivity index (χ0n) is 8.62. The van der Waals surface area contributed by atoms with E-state index in [0.717, 1.165) is 19.3 Å². The molecule has 2 nitrogen and oxygen atoms in total. The molecular weight excluding hydrogens is 174 g/mol. The summed E-state index contributed by atoms with van der Waals surface area (Å²) in [6.07, 6.45) is 10.7. The van der Waals surface area contributed by atoms with Gasteiger partial charge in [-0.15, -0.1) is 0 Å². The Morgan fingerprint density at radius 3 is 3.14 bits per heavy atom. The Bertz CT molecular complexity index is 316. The van der Waals surface area contributed by atoms with Gasteiger partial charge in [0.1, 0.15) is 0 Å². The molecule has 0 spiro atoms. The van der Waals surface area contributed by atoms with Gasteiger partial charge in [-0.05, 0) is 32.1 Å². The predicted molar refractivity (Wildman–Crippen MR) is 56.5 cm³/mol. The number of nitrogens with two attached hydrogens (primary N) is 1. The first-order valence-electron chi connectivity index (χ1n) is 5.32. The molecule has 0 aromatic rings. The van der Waals surface area contributed by atoms with Crippen LogP contribution in [0.4, 0.5) is 0 Å². The quantitative estimate of drug-likeness (QED) is 0.678. The second-order valence-electron chi connectivity index (χ2n) is 4.57. The second kappa shape index (κ2) is 3.26. The van der Waals surface area contributed by atoms with E-state index in [0.29, 0.717) is 5.92 Å². The molecule has 14 heavy (non-hydrogen) atoms. The molecule has 2 atom stereocenters. The predicted octanol–water partition coefficient (Wildman–Crippen LogP) is 2.16. The first kappa shape index (κ1) is 9.50. The first-order chi connectivity index (χ1) is 6.64. The highest BCUT2D eigenvalue weighted by molar-refractivity contribution is 5.84. The fourth-order valence-corrected chi connectivity index (χ4v) is 2.70. The van der Waals surface area contributed by atoms with Crippen LogP contribution in [0, 0.1) is 11.3 Å². The number of primary amides is 1. The molecule has 0 heterocycles. The molecule has 0 saturated heterocycles. The van der Waals surface area contributed by atoms with Gasteiger partial charge in [-0.25, -0.2) is 0 Å². The minimum Gasteiger partial charge on any atom is -0.369 e. The first-order valence-corrected chi connectivity index (χ1v) is 5.32. The van der Waals surface area contributed by atoms with Crippen LogP contribution in [0.1, 0.15) is 32.6 Å². The molecule has 0 bridgehead atoms. The molecule has 76 valence electrons. The third-order valence-electron chi connectivity index (χ3n) is 3.68. The summed E-state index contributed by atoms with van der Waals surface area (Å²) >= 11 is 0. The molecule has 0 radical (unpaired) electrons. The van der Waals surface area contributed by atoms with Crippen LogP contribution in [-0.4, -0.2) is 5.91 Å². The van der Waals surface area contributed by atoms with Crippen molar-refractivity contribution in [3.05, 3.63) is 23.8 Å². The van der Waals surface area contributed by atoms with Crippen LogP contribution in [0.5, 0.6) is 0 Å². The van der Waals surface area contributed by atoms with Crippen LogP contribution in [0.2, 0.25) is 0 Å².